The molecular formula is C19H29N. The summed E-state index contributed by atoms with van der Waals surface area (Å²) >= 11 is 0. The maximum atomic E-state index is 3.75. The third kappa shape index (κ3) is 2.53. The Balaban J connectivity index is 1.74. The minimum atomic E-state index is 0.598. The van der Waals surface area contributed by atoms with Gasteiger partial charge < -0.3 is 5.32 Å². The zero-order chi connectivity index (χ0) is 14.1. The summed E-state index contributed by atoms with van der Waals surface area (Å²) in [6, 6.07) is 10.1. The molecule has 1 N–H and O–H groups in total. The van der Waals surface area contributed by atoms with E-state index < -0.39 is 0 Å². The fourth-order valence-electron chi connectivity index (χ4n) is 4.33. The number of rotatable bonds is 6. The van der Waals surface area contributed by atoms with Crippen molar-refractivity contribution in [3.05, 3.63) is 35.4 Å². The molecule has 0 radical (unpaired) electrons. The Labute approximate surface area is 124 Å². The lowest BCUT2D eigenvalue weighted by molar-refractivity contribution is 0.425. The fourth-order valence-corrected chi connectivity index (χ4v) is 4.33. The average Bonchev–Trinajstić information content (AvgIpc) is 2.95. The summed E-state index contributed by atoms with van der Waals surface area (Å²) < 4.78 is 0. The summed E-state index contributed by atoms with van der Waals surface area (Å²) in [7, 11) is 0. The largest absolute Gasteiger partial charge is 0.310 e. The van der Waals surface area contributed by atoms with Gasteiger partial charge in [-0.1, -0.05) is 51.5 Å². The van der Waals surface area contributed by atoms with Gasteiger partial charge in [-0.25, -0.2) is 0 Å². The maximum Gasteiger partial charge on any atom is 0.0354 e. The Hall–Kier alpha value is -0.820. The first-order valence-corrected chi connectivity index (χ1v) is 8.59. The van der Waals surface area contributed by atoms with Gasteiger partial charge >= 0.3 is 0 Å². The number of benzene rings is 1. The molecule has 0 amide bonds. The van der Waals surface area contributed by atoms with Crippen molar-refractivity contribution in [1.29, 1.82) is 0 Å². The van der Waals surface area contributed by atoms with E-state index in [-0.39, 0.29) is 0 Å². The first-order chi connectivity index (χ1) is 9.76. The van der Waals surface area contributed by atoms with Crippen LogP contribution in [0.2, 0.25) is 0 Å². The first kappa shape index (κ1) is 14.1. The first-order valence-electron chi connectivity index (χ1n) is 8.59. The highest BCUT2D eigenvalue weighted by Crippen LogP contribution is 2.62. The van der Waals surface area contributed by atoms with Gasteiger partial charge in [-0.05, 0) is 60.6 Å². The normalized spacial score (nSPS) is 30.9. The van der Waals surface area contributed by atoms with Gasteiger partial charge in [-0.3, -0.25) is 0 Å². The van der Waals surface area contributed by atoms with Crippen molar-refractivity contribution in [1.82, 2.24) is 5.32 Å². The van der Waals surface area contributed by atoms with E-state index in [1.54, 1.807) is 0 Å². The molecule has 0 aromatic heterocycles. The number of nitrogens with one attached hydrogen (secondary N) is 1. The third-order valence-electron chi connectivity index (χ3n) is 5.76. The van der Waals surface area contributed by atoms with Crippen molar-refractivity contribution in [3.8, 4) is 0 Å². The lowest BCUT2D eigenvalue weighted by Gasteiger charge is -2.21. The molecule has 0 saturated heterocycles. The zero-order valence-electron chi connectivity index (χ0n) is 13.2. The van der Waals surface area contributed by atoms with Crippen LogP contribution < -0.4 is 5.32 Å². The molecule has 1 aromatic rings. The van der Waals surface area contributed by atoms with E-state index in [0.29, 0.717) is 12.0 Å². The van der Waals surface area contributed by atoms with Gasteiger partial charge in [0.15, 0.2) is 0 Å². The Kier molecular flexibility index (Phi) is 4.16. The Bertz CT molecular complexity index is 426. The lowest BCUT2D eigenvalue weighted by Crippen LogP contribution is -2.24. The molecular weight excluding hydrogens is 242 g/mol. The summed E-state index contributed by atoms with van der Waals surface area (Å²) in [5.74, 6) is 3.64. The molecule has 0 bridgehead atoms. The lowest BCUT2D eigenvalue weighted by atomic mass is 9.93. The van der Waals surface area contributed by atoms with Crippen molar-refractivity contribution in [2.45, 2.75) is 58.4 Å². The van der Waals surface area contributed by atoms with E-state index in [4.69, 9.17) is 0 Å². The van der Waals surface area contributed by atoms with Crippen LogP contribution in [0.3, 0.4) is 0 Å². The second-order valence-corrected chi connectivity index (χ2v) is 6.85. The molecule has 110 valence electrons. The minimum absolute atomic E-state index is 0.598. The highest BCUT2D eigenvalue weighted by atomic mass is 14.9. The maximum absolute atomic E-state index is 3.75. The van der Waals surface area contributed by atoms with Crippen LogP contribution in [0.4, 0.5) is 0 Å². The van der Waals surface area contributed by atoms with Gasteiger partial charge in [0, 0.05) is 6.04 Å². The van der Waals surface area contributed by atoms with Crippen LogP contribution in [0.5, 0.6) is 0 Å². The molecule has 0 aliphatic heterocycles. The Morgan fingerprint density at radius 3 is 2.20 bits per heavy atom. The fraction of sp³-hybridized carbons (Fsp3) is 0.684. The second-order valence-electron chi connectivity index (χ2n) is 6.85. The number of hydrogen-bond donors (Lipinski definition) is 1. The molecule has 2 aliphatic rings. The Morgan fingerprint density at radius 2 is 1.65 bits per heavy atom. The van der Waals surface area contributed by atoms with Crippen LogP contribution in [0.15, 0.2) is 24.3 Å². The molecule has 2 aliphatic carbocycles. The van der Waals surface area contributed by atoms with Crippen LogP contribution in [-0.4, -0.2) is 6.54 Å². The predicted molar refractivity (Wildman–Crippen MR) is 85.9 cm³/mol. The van der Waals surface area contributed by atoms with E-state index in [1.165, 1.54) is 36.8 Å². The van der Waals surface area contributed by atoms with Gasteiger partial charge in [0.05, 0.1) is 0 Å². The summed E-state index contributed by atoms with van der Waals surface area (Å²) in [4.78, 5) is 0. The molecule has 2 fully saturated rings. The predicted octanol–water partition coefficient (Wildman–Crippen LogP) is 4.90. The zero-order valence-corrected chi connectivity index (χ0v) is 13.2. The molecule has 1 nitrogen and oxygen atoms in total. The van der Waals surface area contributed by atoms with Crippen molar-refractivity contribution in [3.63, 3.8) is 0 Å². The topological polar surface area (TPSA) is 12.0 Å². The Morgan fingerprint density at radius 1 is 1.05 bits per heavy atom. The van der Waals surface area contributed by atoms with Gasteiger partial charge in [-0.2, -0.15) is 0 Å². The van der Waals surface area contributed by atoms with Gasteiger partial charge in [0.2, 0.25) is 0 Å². The molecule has 4 unspecified atom stereocenters. The summed E-state index contributed by atoms with van der Waals surface area (Å²) in [5, 5.41) is 3.75. The quantitative estimate of drug-likeness (QED) is 0.776. The number of fused-ring (bicyclic) bond motifs is 1. The molecule has 0 spiro atoms. The second kappa shape index (κ2) is 5.89. The monoisotopic (exact) mass is 271 g/mol. The molecule has 0 heterocycles. The van der Waals surface area contributed by atoms with Crippen molar-refractivity contribution < 1.29 is 0 Å². The highest BCUT2D eigenvalue weighted by Gasteiger charge is 2.55. The van der Waals surface area contributed by atoms with Crippen LogP contribution >= 0.6 is 0 Å². The number of hydrogen-bond acceptors (Lipinski definition) is 1. The van der Waals surface area contributed by atoms with Crippen molar-refractivity contribution in [2.75, 3.05) is 6.54 Å². The SMILES string of the molecule is CCNC(c1ccc(C(C)CC)cc1)C1C2CCCC21. The molecule has 1 heteroatoms. The van der Waals surface area contributed by atoms with Crippen LogP contribution in [0.1, 0.15) is 69.5 Å². The van der Waals surface area contributed by atoms with E-state index in [2.05, 4.69) is 50.4 Å². The van der Waals surface area contributed by atoms with Crippen LogP contribution in [-0.2, 0) is 0 Å². The van der Waals surface area contributed by atoms with E-state index in [0.717, 1.165) is 24.3 Å². The molecule has 1 aromatic carbocycles. The average molecular weight is 271 g/mol. The highest BCUT2D eigenvalue weighted by molar-refractivity contribution is 5.29. The molecule has 4 atom stereocenters. The standard InChI is InChI=1S/C19H29N/c1-4-13(3)14-9-11-15(12-10-14)19(20-5-2)18-16-7-6-8-17(16)18/h9-13,16-20H,4-8H2,1-3H3. The third-order valence-corrected chi connectivity index (χ3v) is 5.76. The molecule has 3 rings (SSSR count). The minimum Gasteiger partial charge on any atom is -0.310 e. The summed E-state index contributed by atoms with van der Waals surface area (Å²) in [6.45, 7) is 7.90. The van der Waals surface area contributed by atoms with E-state index in [1.807, 2.05) is 0 Å². The summed E-state index contributed by atoms with van der Waals surface area (Å²) in [6.07, 6.45) is 5.64. The van der Waals surface area contributed by atoms with E-state index in [9.17, 15) is 0 Å². The van der Waals surface area contributed by atoms with Gasteiger partial charge in [-0.15, -0.1) is 0 Å². The smallest absolute Gasteiger partial charge is 0.0354 e. The van der Waals surface area contributed by atoms with Gasteiger partial charge in [0.1, 0.15) is 0 Å². The van der Waals surface area contributed by atoms with Gasteiger partial charge in [0.25, 0.3) is 0 Å². The van der Waals surface area contributed by atoms with Crippen molar-refractivity contribution >= 4 is 0 Å². The molecule has 2 saturated carbocycles. The summed E-state index contributed by atoms with van der Waals surface area (Å²) in [5.41, 5.74) is 3.00. The van der Waals surface area contributed by atoms with Crippen molar-refractivity contribution in [2.24, 2.45) is 17.8 Å². The van der Waals surface area contributed by atoms with Crippen LogP contribution in [0.25, 0.3) is 0 Å². The molecule has 20 heavy (non-hydrogen) atoms. The van der Waals surface area contributed by atoms with E-state index >= 15 is 0 Å². The van der Waals surface area contributed by atoms with Crippen LogP contribution in [0, 0.1) is 17.8 Å².